The lowest BCUT2D eigenvalue weighted by molar-refractivity contribution is -0.384. The summed E-state index contributed by atoms with van der Waals surface area (Å²) >= 11 is 0. The Kier molecular flexibility index (Phi) is 3.77. The molecule has 0 heterocycles. The van der Waals surface area contributed by atoms with Gasteiger partial charge in [0.05, 0.1) is 4.92 Å². The number of non-ortho nitro benzene ring substituents is 1. The Hall–Kier alpha value is -2.17. The normalized spacial score (nSPS) is 11.0. The molecule has 0 aliphatic carbocycles. The smallest absolute Gasteiger partial charge is 0.269 e. The molecule has 0 atom stereocenters. The minimum Gasteiger partial charge on any atom is -0.322 e. The number of carbonyl (C=O) groups excluding carboxylic acids is 1. The van der Waals surface area contributed by atoms with Gasteiger partial charge in [-0.15, -0.1) is 0 Å². The number of nitrogens with one attached hydrogen (secondary N) is 1. The van der Waals surface area contributed by atoms with Gasteiger partial charge in [-0.05, 0) is 26.0 Å². The van der Waals surface area contributed by atoms with E-state index in [1.165, 1.54) is 24.3 Å². The molecule has 16 heavy (non-hydrogen) atoms. The Bertz CT molecular complexity index is 435. The van der Waals surface area contributed by atoms with Crippen molar-refractivity contribution in [1.29, 1.82) is 0 Å². The molecule has 0 bridgehead atoms. The van der Waals surface area contributed by atoms with E-state index in [-0.39, 0.29) is 11.6 Å². The van der Waals surface area contributed by atoms with Crippen molar-refractivity contribution in [2.24, 2.45) is 0 Å². The summed E-state index contributed by atoms with van der Waals surface area (Å²) in [7, 11) is 0. The predicted molar refractivity (Wildman–Crippen MR) is 61.2 cm³/mol. The molecule has 0 unspecified atom stereocenters. The molecule has 0 aliphatic rings. The Balaban J connectivity index is 2.76. The summed E-state index contributed by atoms with van der Waals surface area (Å²) in [6.07, 6.45) is 1.70. The maximum absolute atomic E-state index is 11.4. The van der Waals surface area contributed by atoms with Crippen molar-refractivity contribution < 1.29 is 9.72 Å². The van der Waals surface area contributed by atoms with Crippen LogP contribution in [0.4, 0.5) is 11.4 Å². The van der Waals surface area contributed by atoms with Gasteiger partial charge in [-0.3, -0.25) is 14.9 Å². The number of rotatable bonds is 3. The Morgan fingerprint density at radius 2 is 1.94 bits per heavy atom. The second kappa shape index (κ2) is 5.06. The summed E-state index contributed by atoms with van der Waals surface area (Å²) in [6.45, 7) is 3.46. The quantitative estimate of drug-likeness (QED) is 0.483. The van der Waals surface area contributed by atoms with Gasteiger partial charge >= 0.3 is 0 Å². The molecule has 1 aromatic carbocycles. The summed E-state index contributed by atoms with van der Waals surface area (Å²) in [4.78, 5) is 21.4. The minimum atomic E-state index is -0.483. The molecule has 0 radical (unpaired) electrons. The monoisotopic (exact) mass is 220 g/mol. The first-order valence-electron chi connectivity index (χ1n) is 4.73. The number of nitro groups is 1. The third kappa shape index (κ3) is 2.91. The molecule has 1 amide bonds. The Labute approximate surface area is 92.9 Å². The van der Waals surface area contributed by atoms with Crippen LogP contribution in [0.3, 0.4) is 0 Å². The first-order chi connectivity index (χ1) is 7.54. The highest BCUT2D eigenvalue weighted by Gasteiger charge is 2.06. The SMILES string of the molecule is CC=C(C)C(=O)Nc1ccc([N+](=O)[O-])cc1. The predicted octanol–water partition coefficient (Wildman–Crippen LogP) is 2.50. The van der Waals surface area contributed by atoms with Gasteiger partial charge in [0.15, 0.2) is 0 Å². The molecular weight excluding hydrogens is 208 g/mol. The molecule has 84 valence electrons. The lowest BCUT2D eigenvalue weighted by Gasteiger charge is -2.04. The number of amides is 1. The van der Waals surface area contributed by atoms with Crippen LogP contribution in [0.1, 0.15) is 13.8 Å². The molecule has 0 aliphatic heterocycles. The second-order valence-electron chi connectivity index (χ2n) is 3.23. The highest BCUT2D eigenvalue weighted by atomic mass is 16.6. The maximum Gasteiger partial charge on any atom is 0.269 e. The number of carbonyl (C=O) groups is 1. The van der Waals surface area contributed by atoms with E-state index in [9.17, 15) is 14.9 Å². The molecule has 5 heteroatoms. The fourth-order valence-corrected chi connectivity index (χ4v) is 1.03. The van der Waals surface area contributed by atoms with E-state index in [2.05, 4.69) is 5.32 Å². The number of nitro benzene ring substituents is 1. The summed E-state index contributed by atoms with van der Waals surface area (Å²) in [6, 6.07) is 5.69. The largest absolute Gasteiger partial charge is 0.322 e. The van der Waals surface area contributed by atoms with Crippen molar-refractivity contribution >= 4 is 17.3 Å². The molecule has 0 saturated heterocycles. The molecule has 0 spiro atoms. The Morgan fingerprint density at radius 3 is 2.38 bits per heavy atom. The van der Waals surface area contributed by atoms with Gasteiger partial charge in [-0.2, -0.15) is 0 Å². The topological polar surface area (TPSA) is 72.2 Å². The van der Waals surface area contributed by atoms with Crippen LogP contribution in [0.25, 0.3) is 0 Å². The fraction of sp³-hybridized carbons (Fsp3) is 0.182. The van der Waals surface area contributed by atoms with Crippen LogP contribution in [0.15, 0.2) is 35.9 Å². The van der Waals surface area contributed by atoms with E-state index >= 15 is 0 Å². The van der Waals surface area contributed by atoms with Gasteiger partial charge in [-0.1, -0.05) is 6.08 Å². The van der Waals surface area contributed by atoms with E-state index in [0.717, 1.165) is 0 Å². The standard InChI is InChI=1S/C11H12N2O3/c1-3-8(2)11(14)12-9-4-6-10(7-5-9)13(15)16/h3-7H,1-2H3,(H,12,14). The van der Waals surface area contributed by atoms with Crippen molar-refractivity contribution in [3.63, 3.8) is 0 Å². The second-order valence-corrected chi connectivity index (χ2v) is 3.23. The number of nitrogens with zero attached hydrogens (tertiary/aromatic N) is 1. The van der Waals surface area contributed by atoms with Crippen LogP contribution in [0.2, 0.25) is 0 Å². The summed E-state index contributed by atoms with van der Waals surface area (Å²) < 4.78 is 0. The van der Waals surface area contributed by atoms with Crippen molar-refractivity contribution in [2.45, 2.75) is 13.8 Å². The molecule has 5 nitrogen and oxygen atoms in total. The van der Waals surface area contributed by atoms with Crippen LogP contribution in [0.5, 0.6) is 0 Å². The third-order valence-electron chi connectivity index (χ3n) is 2.13. The van der Waals surface area contributed by atoms with Crippen LogP contribution >= 0.6 is 0 Å². The zero-order valence-corrected chi connectivity index (χ0v) is 9.06. The average molecular weight is 220 g/mol. The molecule has 1 N–H and O–H groups in total. The zero-order valence-electron chi connectivity index (χ0n) is 9.06. The first kappa shape index (κ1) is 11.9. The van der Waals surface area contributed by atoms with Gasteiger partial charge in [0.1, 0.15) is 0 Å². The van der Waals surface area contributed by atoms with E-state index in [1.54, 1.807) is 19.9 Å². The molecule has 0 aromatic heterocycles. The van der Waals surface area contributed by atoms with Gasteiger partial charge in [0.2, 0.25) is 0 Å². The minimum absolute atomic E-state index is 0.000699. The molecule has 0 fully saturated rings. The van der Waals surface area contributed by atoms with Gasteiger partial charge in [0, 0.05) is 23.4 Å². The van der Waals surface area contributed by atoms with Crippen molar-refractivity contribution in [1.82, 2.24) is 0 Å². The van der Waals surface area contributed by atoms with Gasteiger partial charge in [0.25, 0.3) is 11.6 Å². The summed E-state index contributed by atoms with van der Waals surface area (Å²) in [5.41, 5.74) is 1.14. The van der Waals surface area contributed by atoms with Crippen LogP contribution < -0.4 is 5.32 Å². The van der Waals surface area contributed by atoms with Crippen LogP contribution in [-0.2, 0) is 4.79 Å². The maximum atomic E-state index is 11.4. The zero-order chi connectivity index (χ0) is 12.1. The number of anilines is 1. The van der Waals surface area contributed by atoms with E-state index in [4.69, 9.17) is 0 Å². The number of allylic oxidation sites excluding steroid dienone is 1. The van der Waals surface area contributed by atoms with Gasteiger partial charge in [-0.25, -0.2) is 0 Å². The number of hydrogen-bond donors (Lipinski definition) is 1. The fourth-order valence-electron chi connectivity index (χ4n) is 1.03. The van der Waals surface area contributed by atoms with Gasteiger partial charge < -0.3 is 5.32 Å². The number of benzene rings is 1. The Morgan fingerprint density at radius 1 is 1.38 bits per heavy atom. The molecule has 1 aromatic rings. The highest BCUT2D eigenvalue weighted by molar-refractivity contribution is 6.03. The van der Waals surface area contributed by atoms with Crippen molar-refractivity contribution in [2.75, 3.05) is 5.32 Å². The molecule has 1 rings (SSSR count). The lowest BCUT2D eigenvalue weighted by Crippen LogP contribution is -2.12. The van der Waals surface area contributed by atoms with Crippen LogP contribution in [0, 0.1) is 10.1 Å². The van der Waals surface area contributed by atoms with E-state index in [0.29, 0.717) is 11.3 Å². The first-order valence-corrected chi connectivity index (χ1v) is 4.73. The molecule has 0 saturated carbocycles. The van der Waals surface area contributed by atoms with Crippen LogP contribution in [-0.4, -0.2) is 10.8 Å². The summed E-state index contributed by atoms with van der Waals surface area (Å²) in [5, 5.41) is 13.0. The number of hydrogen-bond acceptors (Lipinski definition) is 3. The average Bonchev–Trinajstić information content (AvgIpc) is 2.28. The van der Waals surface area contributed by atoms with E-state index in [1.807, 2.05) is 0 Å². The van der Waals surface area contributed by atoms with Crippen molar-refractivity contribution in [3.05, 3.63) is 46.0 Å². The van der Waals surface area contributed by atoms with Crippen molar-refractivity contribution in [3.8, 4) is 0 Å². The highest BCUT2D eigenvalue weighted by Crippen LogP contribution is 2.15. The lowest BCUT2D eigenvalue weighted by atomic mass is 10.2. The molecular formula is C11H12N2O3. The van der Waals surface area contributed by atoms with E-state index < -0.39 is 4.92 Å². The third-order valence-corrected chi connectivity index (χ3v) is 2.13. The summed E-state index contributed by atoms with van der Waals surface area (Å²) in [5.74, 6) is -0.212.